The third-order valence-corrected chi connectivity index (χ3v) is 3.85. The van der Waals surface area contributed by atoms with Gasteiger partial charge in [-0.25, -0.2) is 4.39 Å². The van der Waals surface area contributed by atoms with Gasteiger partial charge in [0.15, 0.2) is 0 Å². The van der Waals surface area contributed by atoms with Crippen molar-refractivity contribution >= 4 is 34.9 Å². The highest BCUT2D eigenvalue weighted by molar-refractivity contribution is 6.31. The first-order chi connectivity index (χ1) is 11.9. The first kappa shape index (κ1) is 19.0. The molecule has 0 heterocycles. The number of carbonyl (C=O) groups excluding carboxylic acids is 1. The molecule has 2 aromatic rings. The maximum Gasteiger partial charge on any atom is 0.311 e. The van der Waals surface area contributed by atoms with Crippen molar-refractivity contribution in [3.05, 3.63) is 57.8 Å². The molecule has 130 valence electrons. The zero-order chi connectivity index (χ0) is 18.4. The lowest BCUT2D eigenvalue weighted by molar-refractivity contribution is -0.134. The number of nitrogens with one attached hydrogen (secondary N) is 1. The highest BCUT2D eigenvalue weighted by Crippen LogP contribution is 2.31. The van der Waals surface area contributed by atoms with E-state index in [-0.39, 0.29) is 17.2 Å². The zero-order valence-corrected chi connectivity index (χ0v) is 14.9. The van der Waals surface area contributed by atoms with Crippen LogP contribution in [-0.4, -0.2) is 5.97 Å². The van der Waals surface area contributed by atoms with Crippen molar-refractivity contribution in [1.82, 2.24) is 0 Å². The molecule has 0 aliphatic heterocycles. The number of esters is 1. The van der Waals surface area contributed by atoms with Crippen LogP contribution < -0.4 is 10.1 Å². The second-order valence-electron chi connectivity index (χ2n) is 5.24. The standard InChI is InChI=1S/C18H15Cl2FN2O2/c1-2-3-18(24)25-17-7-4-11(19)8-13(17)16(10-22)23-12-5-6-15(21)14(20)9-12/h4-9,16,23H,2-3H2,1H3. The van der Waals surface area contributed by atoms with Gasteiger partial charge >= 0.3 is 5.97 Å². The molecule has 4 nitrogen and oxygen atoms in total. The van der Waals surface area contributed by atoms with Crippen molar-refractivity contribution in [2.75, 3.05) is 5.32 Å². The summed E-state index contributed by atoms with van der Waals surface area (Å²) in [5.74, 6) is -0.708. The number of hydrogen-bond donors (Lipinski definition) is 1. The molecule has 0 fully saturated rings. The maximum atomic E-state index is 13.3. The van der Waals surface area contributed by atoms with Gasteiger partial charge in [0, 0.05) is 22.7 Å². The van der Waals surface area contributed by atoms with Crippen LogP contribution in [0.2, 0.25) is 10.0 Å². The molecule has 0 aliphatic rings. The first-order valence-corrected chi connectivity index (χ1v) is 8.31. The van der Waals surface area contributed by atoms with Gasteiger partial charge in [0.05, 0.1) is 11.1 Å². The number of rotatable bonds is 6. The molecule has 2 aromatic carbocycles. The topological polar surface area (TPSA) is 62.1 Å². The quantitative estimate of drug-likeness (QED) is 0.529. The SMILES string of the molecule is CCCC(=O)Oc1ccc(Cl)cc1C(C#N)Nc1ccc(F)c(Cl)c1. The van der Waals surface area contributed by atoms with E-state index in [1.54, 1.807) is 12.1 Å². The van der Waals surface area contributed by atoms with Gasteiger partial charge in [-0.2, -0.15) is 5.26 Å². The molecule has 7 heteroatoms. The van der Waals surface area contributed by atoms with E-state index in [4.69, 9.17) is 27.9 Å². The van der Waals surface area contributed by atoms with E-state index in [0.29, 0.717) is 22.7 Å². The number of hydrogen-bond acceptors (Lipinski definition) is 4. The van der Waals surface area contributed by atoms with Gasteiger partial charge in [0.1, 0.15) is 17.6 Å². The largest absolute Gasteiger partial charge is 0.426 e. The fourth-order valence-corrected chi connectivity index (χ4v) is 2.51. The van der Waals surface area contributed by atoms with E-state index in [1.807, 2.05) is 6.92 Å². The second kappa shape index (κ2) is 8.70. The van der Waals surface area contributed by atoms with Gasteiger partial charge in [0.2, 0.25) is 0 Å². The molecule has 1 unspecified atom stereocenters. The van der Waals surface area contributed by atoms with Gasteiger partial charge in [-0.05, 0) is 42.8 Å². The lowest BCUT2D eigenvalue weighted by Crippen LogP contribution is -2.13. The molecular formula is C18H15Cl2FN2O2. The summed E-state index contributed by atoms with van der Waals surface area (Å²) in [5.41, 5.74) is 0.851. The highest BCUT2D eigenvalue weighted by atomic mass is 35.5. The van der Waals surface area contributed by atoms with Crippen molar-refractivity contribution < 1.29 is 13.9 Å². The third kappa shape index (κ3) is 5.09. The Morgan fingerprint density at radius 3 is 2.72 bits per heavy atom. The molecule has 1 atom stereocenters. The molecule has 0 aliphatic carbocycles. The Kier molecular flexibility index (Phi) is 6.63. The fourth-order valence-electron chi connectivity index (χ4n) is 2.15. The predicted molar refractivity (Wildman–Crippen MR) is 95.4 cm³/mol. The maximum absolute atomic E-state index is 13.3. The summed E-state index contributed by atoms with van der Waals surface area (Å²) in [6.45, 7) is 1.86. The Morgan fingerprint density at radius 1 is 1.32 bits per heavy atom. The van der Waals surface area contributed by atoms with Crippen LogP contribution in [-0.2, 0) is 4.79 Å². The summed E-state index contributed by atoms with van der Waals surface area (Å²) < 4.78 is 18.6. The van der Waals surface area contributed by atoms with Crippen LogP contribution in [0.15, 0.2) is 36.4 Å². The Morgan fingerprint density at radius 2 is 2.08 bits per heavy atom. The molecule has 0 saturated carbocycles. The van der Waals surface area contributed by atoms with E-state index in [9.17, 15) is 14.4 Å². The Balaban J connectivity index is 2.32. The number of nitrogens with zero attached hydrogens (tertiary/aromatic N) is 1. The third-order valence-electron chi connectivity index (χ3n) is 3.32. The highest BCUT2D eigenvalue weighted by Gasteiger charge is 2.19. The van der Waals surface area contributed by atoms with Gasteiger partial charge in [-0.15, -0.1) is 0 Å². The average Bonchev–Trinajstić information content (AvgIpc) is 2.58. The number of nitriles is 1. The summed E-state index contributed by atoms with van der Waals surface area (Å²) in [6.07, 6.45) is 0.913. The van der Waals surface area contributed by atoms with Gasteiger partial charge in [-0.3, -0.25) is 4.79 Å². The van der Waals surface area contributed by atoms with E-state index >= 15 is 0 Å². The molecule has 2 rings (SSSR count). The fraction of sp³-hybridized carbons (Fsp3) is 0.222. The summed E-state index contributed by atoms with van der Waals surface area (Å²) in [7, 11) is 0. The zero-order valence-electron chi connectivity index (χ0n) is 13.4. The molecule has 0 radical (unpaired) electrons. The van der Waals surface area contributed by atoms with Crippen molar-refractivity contribution in [3.63, 3.8) is 0 Å². The lowest BCUT2D eigenvalue weighted by atomic mass is 10.1. The Bertz CT molecular complexity index is 821. The number of benzene rings is 2. The van der Waals surface area contributed by atoms with Gasteiger partial charge < -0.3 is 10.1 Å². The second-order valence-corrected chi connectivity index (χ2v) is 6.09. The van der Waals surface area contributed by atoms with Crippen LogP contribution in [0.5, 0.6) is 5.75 Å². The van der Waals surface area contributed by atoms with Gasteiger partial charge in [0.25, 0.3) is 0 Å². The van der Waals surface area contributed by atoms with Crippen molar-refractivity contribution in [2.24, 2.45) is 0 Å². The van der Waals surface area contributed by atoms with Crippen molar-refractivity contribution in [3.8, 4) is 11.8 Å². The number of halogens is 3. The number of carbonyl (C=O) groups is 1. The van der Waals surface area contributed by atoms with E-state index in [1.165, 1.54) is 24.3 Å². The minimum atomic E-state index is -0.871. The minimum Gasteiger partial charge on any atom is -0.426 e. The van der Waals surface area contributed by atoms with Crippen LogP contribution in [0, 0.1) is 17.1 Å². The summed E-state index contributed by atoms with van der Waals surface area (Å²) in [5, 5.41) is 12.8. The molecule has 0 saturated heterocycles. The predicted octanol–water partition coefficient (Wildman–Crippen LogP) is 5.51. The first-order valence-electron chi connectivity index (χ1n) is 7.56. The number of anilines is 1. The van der Waals surface area contributed by atoms with E-state index in [0.717, 1.165) is 0 Å². The van der Waals surface area contributed by atoms with E-state index < -0.39 is 17.8 Å². The monoisotopic (exact) mass is 380 g/mol. The smallest absolute Gasteiger partial charge is 0.311 e. The number of ether oxygens (including phenoxy) is 1. The van der Waals surface area contributed by atoms with Crippen LogP contribution in [0.4, 0.5) is 10.1 Å². The Hall–Kier alpha value is -2.29. The molecule has 0 spiro atoms. The summed E-state index contributed by atoms with van der Waals surface area (Å²) in [4.78, 5) is 11.8. The van der Waals surface area contributed by atoms with Crippen LogP contribution in [0.3, 0.4) is 0 Å². The average molecular weight is 381 g/mol. The van der Waals surface area contributed by atoms with Crippen molar-refractivity contribution in [1.29, 1.82) is 5.26 Å². The lowest BCUT2D eigenvalue weighted by Gasteiger charge is -2.17. The molecule has 1 N–H and O–H groups in total. The summed E-state index contributed by atoms with van der Waals surface area (Å²) >= 11 is 11.8. The molecule has 0 aromatic heterocycles. The summed E-state index contributed by atoms with van der Waals surface area (Å²) in [6, 6.07) is 9.88. The van der Waals surface area contributed by atoms with Gasteiger partial charge in [-0.1, -0.05) is 30.1 Å². The molecule has 25 heavy (non-hydrogen) atoms. The normalized spacial score (nSPS) is 11.5. The van der Waals surface area contributed by atoms with Crippen LogP contribution in [0.1, 0.15) is 31.4 Å². The molecule has 0 bridgehead atoms. The Labute approximate surface area is 155 Å². The minimum absolute atomic E-state index is 0.0672. The van der Waals surface area contributed by atoms with Crippen LogP contribution in [0.25, 0.3) is 0 Å². The van der Waals surface area contributed by atoms with Crippen LogP contribution >= 0.6 is 23.2 Å². The van der Waals surface area contributed by atoms with E-state index in [2.05, 4.69) is 11.4 Å². The molecule has 0 amide bonds. The van der Waals surface area contributed by atoms with Crippen molar-refractivity contribution in [2.45, 2.75) is 25.8 Å². The molecular weight excluding hydrogens is 366 g/mol.